The predicted molar refractivity (Wildman–Crippen MR) is 31.4 cm³/mol. The summed E-state index contributed by atoms with van der Waals surface area (Å²) < 4.78 is 28.1. The van der Waals surface area contributed by atoms with Crippen molar-refractivity contribution in [2.24, 2.45) is 0 Å². The Hall–Kier alpha value is -0.440. The van der Waals surface area contributed by atoms with Gasteiger partial charge in [-0.05, 0) is 13.8 Å². The number of alkyl halides is 1. The molecule has 0 bridgehead atoms. The molecule has 0 heterocycles. The van der Waals surface area contributed by atoms with E-state index in [4.69, 9.17) is 0 Å². The van der Waals surface area contributed by atoms with Crippen molar-refractivity contribution in [2.45, 2.75) is 20.2 Å². The standard InChI is InChI=1S/C6H10F2O/c1-3-6(8)4-9-5(2)7/h3,5H,4H2,1-2H3/b6-3+. The Bertz CT molecular complexity index is 99.2. The Morgan fingerprint density at radius 1 is 1.78 bits per heavy atom. The summed E-state index contributed by atoms with van der Waals surface area (Å²) in [6, 6.07) is 0. The van der Waals surface area contributed by atoms with Gasteiger partial charge < -0.3 is 4.74 Å². The topological polar surface area (TPSA) is 9.23 Å². The fourth-order valence-electron chi connectivity index (χ4n) is 0.278. The van der Waals surface area contributed by atoms with Crippen LogP contribution in [0.5, 0.6) is 0 Å². The lowest BCUT2D eigenvalue weighted by Crippen LogP contribution is -2.02. The van der Waals surface area contributed by atoms with E-state index in [1.165, 1.54) is 19.9 Å². The Kier molecular flexibility index (Phi) is 4.22. The van der Waals surface area contributed by atoms with Gasteiger partial charge in [0.1, 0.15) is 12.4 Å². The molecule has 0 aromatic rings. The largest absolute Gasteiger partial charge is 0.341 e. The Morgan fingerprint density at radius 3 is 2.67 bits per heavy atom. The fraction of sp³-hybridized carbons (Fsp3) is 0.667. The first-order valence-corrected chi connectivity index (χ1v) is 2.73. The maximum atomic E-state index is 12.1. The molecule has 0 radical (unpaired) electrons. The van der Waals surface area contributed by atoms with E-state index in [0.29, 0.717) is 0 Å². The van der Waals surface area contributed by atoms with Gasteiger partial charge in [0.15, 0.2) is 6.36 Å². The molecule has 0 aromatic heterocycles. The zero-order valence-electron chi connectivity index (χ0n) is 5.53. The third kappa shape index (κ3) is 5.43. The highest BCUT2D eigenvalue weighted by atomic mass is 19.1. The van der Waals surface area contributed by atoms with Crippen LogP contribution in [0.1, 0.15) is 13.8 Å². The summed E-state index contributed by atoms with van der Waals surface area (Å²) in [7, 11) is 0. The molecule has 0 aliphatic rings. The molecule has 0 rings (SSSR count). The highest BCUT2D eigenvalue weighted by Gasteiger charge is 1.97. The Labute approximate surface area is 53.3 Å². The van der Waals surface area contributed by atoms with Crippen LogP contribution in [0.4, 0.5) is 8.78 Å². The lowest BCUT2D eigenvalue weighted by Gasteiger charge is -2.00. The maximum absolute atomic E-state index is 12.1. The second-order valence-electron chi connectivity index (χ2n) is 1.59. The van der Waals surface area contributed by atoms with E-state index < -0.39 is 12.2 Å². The molecule has 1 unspecified atom stereocenters. The second-order valence-corrected chi connectivity index (χ2v) is 1.59. The minimum atomic E-state index is -1.39. The quantitative estimate of drug-likeness (QED) is 0.577. The van der Waals surface area contributed by atoms with E-state index in [0.717, 1.165) is 0 Å². The minimum absolute atomic E-state index is 0.270. The molecule has 0 aromatic carbocycles. The Balaban J connectivity index is 3.28. The van der Waals surface area contributed by atoms with Gasteiger partial charge in [0.2, 0.25) is 0 Å². The van der Waals surface area contributed by atoms with E-state index in [9.17, 15) is 8.78 Å². The highest BCUT2D eigenvalue weighted by molar-refractivity contribution is 4.87. The van der Waals surface area contributed by atoms with Gasteiger partial charge >= 0.3 is 0 Å². The van der Waals surface area contributed by atoms with E-state index in [1.807, 2.05) is 0 Å². The summed E-state index contributed by atoms with van der Waals surface area (Å²) in [5.41, 5.74) is 0. The number of hydrogen-bond acceptors (Lipinski definition) is 1. The van der Waals surface area contributed by atoms with Crippen LogP contribution in [0.15, 0.2) is 11.9 Å². The smallest absolute Gasteiger partial charge is 0.196 e. The molecule has 0 N–H and O–H groups in total. The van der Waals surface area contributed by atoms with Gasteiger partial charge in [-0.3, -0.25) is 0 Å². The van der Waals surface area contributed by atoms with Crippen molar-refractivity contribution in [3.63, 3.8) is 0 Å². The molecule has 0 saturated carbocycles. The van der Waals surface area contributed by atoms with Crippen molar-refractivity contribution >= 4 is 0 Å². The van der Waals surface area contributed by atoms with Gasteiger partial charge in [0, 0.05) is 0 Å². The maximum Gasteiger partial charge on any atom is 0.196 e. The van der Waals surface area contributed by atoms with Crippen LogP contribution in [-0.4, -0.2) is 13.0 Å². The van der Waals surface area contributed by atoms with Crippen LogP contribution >= 0.6 is 0 Å². The zero-order valence-corrected chi connectivity index (χ0v) is 5.53. The van der Waals surface area contributed by atoms with Crippen LogP contribution in [0.25, 0.3) is 0 Å². The SMILES string of the molecule is C/C=C(/F)COC(C)F. The van der Waals surface area contributed by atoms with Gasteiger partial charge in [0.05, 0.1) is 0 Å². The van der Waals surface area contributed by atoms with Gasteiger partial charge in [-0.25, -0.2) is 8.78 Å². The molecule has 0 saturated heterocycles. The number of hydrogen-bond donors (Lipinski definition) is 0. The molecule has 9 heavy (non-hydrogen) atoms. The van der Waals surface area contributed by atoms with Crippen LogP contribution in [0.3, 0.4) is 0 Å². The van der Waals surface area contributed by atoms with Crippen molar-refractivity contribution in [1.82, 2.24) is 0 Å². The van der Waals surface area contributed by atoms with Gasteiger partial charge in [-0.1, -0.05) is 6.08 Å². The van der Waals surface area contributed by atoms with Crippen LogP contribution in [0.2, 0.25) is 0 Å². The summed E-state index contributed by atoms with van der Waals surface area (Å²) >= 11 is 0. The first-order chi connectivity index (χ1) is 4.16. The molecule has 0 aliphatic heterocycles. The first-order valence-electron chi connectivity index (χ1n) is 2.73. The molecular weight excluding hydrogens is 126 g/mol. The number of ether oxygens (including phenoxy) is 1. The molecular formula is C6H10F2O. The van der Waals surface area contributed by atoms with Gasteiger partial charge in [0.25, 0.3) is 0 Å². The average molecular weight is 136 g/mol. The average Bonchev–Trinajstić information content (AvgIpc) is 1.83. The molecule has 0 spiro atoms. The number of halogens is 2. The van der Waals surface area contributed by atoms with Gasteiger partial charge in [-0.15, -0.1) is 0 Å². The highest BCUT2D eigenvalue weighted by Crippen LogP contribution is 1.99. The van der Waals surface area contributed by atoms with Crippen LogP contribution in [-0.2, 0) is 4.74 Å². The number of allylic oxidation sites excluding steroid dienone is 1. The summed E-state index contributed by atoms with van der Waals surface area (Å²) in [6.07, 6.45) is -0.154. The molecule has 1 nitrogen and oxygen atoms in total. The van der Waals surface area contributed by atoms with Crippen LogP contribution < -0.4 is 0 Å². The third-order valence-electron chi connectivity index (χ3n) is 0.764. The van der Waals surface area contributed by atoms with E-state index in [-0.39, 0.29) is 6.61 Å². The van der Waals surface area contributed by atoms with Gasteiger partial charge in [-0.2, -0.15) is 0 Å². The van der Waals surface area contributed by atoms with E-state index in [1.54, 1.807) is 0 Å². The van der Waals surface area contributed by atoms with Crippen LogP contribution in [0, 0.1) is 0 Å². The molecule has 1 atom stereocenters. The summed E-state index contributed by atoms with van der Waals surface area (Å²) in [5.74, 6) is -0.445. The third-order valence-corrected chi connectivity index (χ3v) is 0.764. The Morgan fingerprint density at radius 2 is 2.33 bits per heavy atom. The molecule has 0 fully saturated rings. The normalized spacial score (nSPS) is 15.8. The van der Waals surface area contributed by atoms with E-state index in [2.05, 4.69) is 4.74 Å². The summed E-state index contributed by atoms with van der Waals surface area (Å²) in [5, 5.41) is 0. The minimum Gasteiger partial charge on any atom is -0.341 e. The lowest BCUT2D eigenvalue weighted by atomic mass is 10.5. The van der Waals surface area contributed by atoms with Crippen molar-refractivity contribution in [1.29, 1.82) is 0 Å². The molecule has 0 amide bonds. The fourth-order valence-corrected chi connectivity index (χ4v) is 0.278. The lowest BCUT2D eigenvalue weighted by molar-refractivity contribution is -0.0181. The predicted octanol–water partition coefficient (Wildman–Crippen LogP) is 2.19. The van der Waals surface area contributed by atoms with Crippen molar-refractivity contribution in [2.75, 3.05) is 6.61 Å². The molecule has 0 aliphatic carbocycles. The second kappa shape index (κ2) is 4.44. The molecule has 54 valence electrons. The summed E-state index contributed by atoms with van der Waals surface area (Å²) in [6.45, 7) is 2.47. The monoisotopic (exact) mass is 136 g/mol. The van der Waals surface area contributed by atoms with Crippen molar-refractivity contribution in [3.05, 3.63) is 11.9 Å². The number of rotatable bonds is 3. The zero-order chi connectivity index (χ0) is 7.28. The summed E-state index contributed by atoms with van der Waals surface area (Å²) in [4.78, 5) is 0. The first kappa shape index (κ1) is 8.56. The van der Waals surface area contributed by atoms with E-state index >= 15 is 0 Å². The van der Waals surface area contributed by atoms with Crippen molar-refractivity contribution < 1.29 is 13.5 Å². The van der Waals surface area contributed by atoms with Crippen molar-refractivity contribution in [3.8, 4) is 0 Å². The molecule has 3 heteroatoms.